The Labute approximate surface area is 106 Å². The van der Waals surface area contributed by atoms with Crippen LogP contribution in [0.5, 0.6) is 0 Å². The Morgan fingerprint density at radius 1 is 1.39 bits per heavy atom. The lowest BCUT2D eigenvalue weighted by atomic mass is 9.85. The highest BCUT2D eigenvalue weighted by atomic mass is 15.6. The first-order chi connectivity index (χ1) is 8.72. The SMILES string of the molecule is CC1CC(Cc2nnn(C)n2)c2ccccc2N1. The lowest BCUT2D eigenvalue weighted by molar-refractivity contribution is 0.538. The van der Waals surface area contributed by atoms with Crippen molar-refractivity contribution in [3.05, 3.63) is 35.7 Å². The summed E-state index contributed by atoms with van der Waals surface area (Å²) in [5, 5.41) is 15.8. The molecule has 0 bridgehead atoms. The number of rotatable bonds is 2. The van der Waals surface area contributed by atoms with Crippen LogP contribution >= 0.6 is 0 Å². The van der Waals surface area contributed by atoms with Gasteiger partial charge in [-0.15, -0.1) is 10.2 Å². The number of hydrogen-bond donors (Lipinski definition) is 1. The average molecular weight is 243 g/mol. The van der Waals surface area contributed by atoms with E-state index in [0.29, 0.717) is 12.0 Å². The number of benzene rings is 1. The molecule has 0 saturated heterocycles. The van der Waals surface area contributed by atoms with E-state index < -0.39 is 0 Å². The molecule has 2 unspecified atom stereocenters. The first kappa shape index (κ1) is 11.2. The molecule has 5 nitrogen and oxygen atoms in total. The summed E-state index contributed by atoms with van der Waals surface area (Å²) in [6, 6.07) is 8.98. The summed E-state index contributed by atoms with van der Waals surface area (Å²) in [6.45, 7) is 2.22. The van der Waals surface area contributed by atoms with Gasteiger partial charge in [0.2, 0.25) is 0 Å². The molecule has 0 radical (unpaired) electrons. The van der Waals surface area contributed by atoms with Gasteiger partial charge in [0, 0.05) is 18.2 Å². The van der Waals surface area contributed by atoms with E-state index in [1.807, 2.05) is 0 Å². The highest BCUT2D eigenvalue weighted by Gasteiger charge is 2.25. The normalized spacial score (nSPS) is 22.3. The number of aromatic nitrogens is 4. The van der Waals surface area contributed by atoms with Gasteiger partial charge in [-0.25, -0.2) is 0 Å². The van der Waals surface area contributed by atoms with Crippen LogP contribution in [-0.2, 0) is 13.5 Å². The van der Waals surface area contributed by atoms with Gasteiger partial charge in [0.25, 0.3) is 0 Å². The van der Waals surface area contributed by atoms with Crippen molar-refractivity contribution >= 4 is 5.69 Å². The fourth-order valence-electron chi connectivity index (χ4n) is 2.68. The fourth-order valence-corrected chi connectivity index (χ4v) is 2.68. The van der Waals surface area contributed by atoms with E-state index in [1.165, 1.54) is 16.0 Å². The van der Waals surface area contributed by atoms with Gasteiger partial charge < -0.3 is 5.32 Å². The van der Waals surface area contributed by atoms with E-state index in [1.54, 1.807) is 7.05 Å². The predicted molar refractivity (Wildman–Crippen MR) is 69.4 cm³/mol. The summed E-state index contributed by atoms with van der Waals surface area (Å²) < 4.78 is 0. The van der Waals surface area contributed by atoms with Gasteiger partial charge in [-0.05, 0) is 36.1 Å². The van der Waals surface area contributed by atoms with Crippen molar-refractivity contribution in [1.29, 1.82) is 0 Å². The monoisotopic (exact) mass is 243 g/mol. The third-order valence-corrected chi connectivity index (χ3v) is 3.42. The number of tetrazole rings is 1. The number of fused-ring (bicyclic) bond motifs is 1. The number of hydrogen-bond acceptors (Lipinski definition) is 4. The lowest BCUT2D eigenvalue weighted by Crippen LogP contribution is -2.26. The molecule has 1 aliphatic heterocycles. The highest BCUT2D eigenvalue weighted by Crippen LogP contribution is 2.35. The largest absolute Gasteiger partial charge is 0.382 e. The van der Waals surface area contributed by atoms with E-state index >= 15 is 0 Å². The molecule has 0 spiro atoms. The molecule has 0 saturated carbocycles. The summed E-state index contributed by atoms with van der Waals surface area (Å²) in [4.78, 5) is 1.52. The molecule has 2 aromatic rings. The lowest BCUT2D eigenvalue weighted by Gasteiger charge is -2.30. The number of nitrogens with zero attached hydrogens (tertiary/aromatic N) is 4. The molecule has 18 heavy (non-hydrogen) atoms. The molecule has 2 atom stereocenters. The van der Waals surface area contributed by atoms with Crippen LogP contribution in [0.4, 0.5) is 5.69 Å². The Kier molecular flexibility index (Phi) is 2.74. The van der Waals surface area contributed by atoms with Crippen LogP contribution in [0, 0.1) is 0 Å². The van der Waals surface area contributed by atoms with Gasteiger partial charge >= 0.3 is 0 Å². The van der Waals surface area contributed by atoms with Crippen LogP contribution in [0.2, 0.25) is 0 Å². The van der Waals surface area contributed by atoms with E-state index in [0.717, 1.165) is 18.7 Å². The van der Waals surface area contributed by atoms with Gasteiger partial charge in [0.1, 0.15) is 0 Å². The van der Waals surface area contributed by atoms with Gasteiger partial charge in [-0.1, -0.05) is 18.2 Å². The van der Waals surface area contributed by atoms with Gasteiger partial charge in [0.05, 0.1) is 7.05 Å². The highest BCUT2D eigenvalue weighted by molar-refractivity contribution is 5.55. The minimum Gasteiger partial charge on any atom is -0.382 e. The second-order valence-corrected chi connectivity index (χ2v) is 4.96. The smallest absolute Gasteiger partial charge is 0.175 e. The summed E-state index contributed by atoms with van der Waals surface area (Å²) in [5.74, 6) is 1.30. The zero-order valence-corrected chi connectivity index (χ0v) is 10.7. The maximum Gasteiger partial charge on any atom is 0.175 e. The minimum absolute atomic E-state index is 0.474. The first-order valence-corrected chi connectivity index (χ1v) is 6.30. The summed E-state index contributed by atoms with van der Waals surface area (Å²) in [6.07, 6.45) is 1.96. The molecular formula is C13H17N5. The molecule has 0 amide bonds. The van der Waals surface area contributed by atoms with E-state index in [2.05, 4.69) is 51.9 Å². The Bertz CT molecular complexity index is 548. The molecular weight excluding hydrogens is 226 g/mol. The van der Waals surface area contributed by atoms with Crippen molar-refractivity contribution in [2.75, 3.05) is 5.32 Å². The minimum atomic E-state index is 0.474. The van der Waals surface area contributed by atoms with E-state index in [-0.39, 0.29) is 0 Å². The molecule has 1 aromatic heterocycles. The van der Waals surface area contributed by atoms with Crippen molar-refractivity contribution in [3.8, 4) is 0 Å². The van der Waals surface area contributed by atoms with Crippen LogP contribution in [-0.4, -0.2) is 26.2 Å². The predicted octanol–water partition coefficient (Wildman–Crippen LogP) is 1.74. The molecule has 1 aromatic carbocycles. The summed E-state index contributed by atoms with van der Waals surface area (Å²) in [5.41, 5.74) is 2.60. The molecule has 3 rings (SSSR count). The quantitative estimate of drug-likeness (QED) is 0.873. The fraction of sp³-hybridized carbons (Fsp3) is 0.462. The summed E-state index contributed by atoms with van der Waals surface area (Å²) in [7, 11) is 1.80. The number of aryl methyl sites for hydroxylation is 1. The topological polar surface area (TPSA) is 55.6 Å². The average Bonchev–Trinajstić information content (AvgIpc) is 2.74. The zero-order chi connectivity index (χ0) is 12.5. The molecule has 5 heteroatoms. The van der Waals surface area contributed by atoms with Crippen LogP contribution in [0.1, 0.15) is 30.7 Å². The van der Waals surface area contributed by atoms with Crippen molar-refractivity contribution < 1.29 is 0 Å². The molecule has 1 N–H and O–H groups in total. The van der Waals surface area contributed by atoms with Gasteiger partial charge in [0.15, 0.2) is 5.82 Å². The Morgan fingerprint density at radius 2 is 2.22 bits per heavy atom. The van der Waals surface area contributed by atoms with Crippen molar-refractivity contribution in [2.45, 2.75) is 31.7 Å². The van der Waals surface area contributed by atoms with E-state index in [9.17, 15) is 0 Å². The second kappa shape index (κ2) is 4.40. The Hall–Kier alpha value is -1.91. The first-order valence-electron chi connectivity index (χ1n) is 6.30. The van der Waals surface area contributed by atoms with Crippen LogP contribution in [0.15, 0.2) is 24.3 Å². The standard InChI is InChI=1S/C13H17N5/c1-9-7-10(8-13-15-17-18(2)16-13)11-5-3-4-6-12(11)14-9/h3-6,9-10,14H,7-8H2,1-2H3. The van der Waals surface area contributed by atoms with Gasteiger partial charge in [-0.3, -0.25) is 0 Å². The third-order valence-electron chi connectivity index (χ3n) is 3.42. The molecule has 94 valence electrons. The Balaban J connectivity index is 1.88. The maximum absolute atomic E-state index is 4.28. The second-order valence-electron chi connectivity index (χ2n) is 4.96. The summed E-state index contributed by atoms with van der Waals surface area (Å²) >= 11 is 0. The third kappa shape index (κ3) is 2.08. The number of anilines is 1. The molecule has 2 heterocycles. The van der Waals surface area contributed by atoms with Crippen molar-refractivity contribution in [3.63, 3.8) is 0 Å². The molecule has 0 fully saturated rings. The van der Waals surface area contributed by atoms with E-state index in [4.69, 9.17) is 0 Å². The van der Waals surface area contributed by atoms with Crippen molar-refractivity contribution in [2.24, 2.45) is 7.05 Å². The van der Waals surface area contributed by atoms with Crippen molar-refractivity contribution in [1.82, 2.24) is 20.2 Å². The van der Waals surface area contributed by atoms with Crippen LogP contribution in [0.25, 0.3) is 0 Å². The zero-order valence-electron chi connectivity index (χ0n) is 10.7. The Morgan fingerprint density at radius 3 is 3.00 bits per heavy atom. The number of para-hydroxylation sites is 1. The molecule has 0 aliphatic carbocycles. The maximum atomic E-state index is 4.28. The van der Waals surface area contributed by atoms with Crippen LogP contribution in [0.3, 0.4) is 0 Å². The van der Waals surface area contributed by atoms with Crippen LogP contribution < -0.4 is 5.32 Å². The molecule has 1 aliphatic rings. The number of nitrogens with one attached hydrogen (secondary N) is 1. The van der Waals surface area contributed by atoms with Gasteiger partial charge in [-0.2, -0.15) is 4.80 Å².